The third-order valence-corrected chi connectivity index (χ3v) is 8.24. The van der Waals surface area contributed by atoms with Crippen LogP contribution >= 0.6 is 7.94 Å². The second-order valence-corrected chi connectivity index (χ2v) is 12.4. The Morgan fingerprint density at radius 2 is 1.62 bits per heavy atom. The van der Waals surface area contributed by atoms with Crippen molar-refractivity contribution in [1.29, 1.82) is 0 Å². The third-order valence-electron chi connectivity index (χ3n) is 7.01. The number of hydrogen-bond donors (Lipinski definition) is 4. The van der Waals surface area contributed by atoms with Gasteiger partial charge in [-0.15, -0.1) is 0 Å². The molecule has 12 heteroatoms. The zero-order chi connectivity index (χ0) is 30.3. The molecule has 0 aliphatic heterocycles. The average Bonchev–Trinajstić information content (AvgIpc) is 2.92. The average molecular weight is 606 g/mol. The van der Waals surface area contributed by atoms with E-state index < -0.39 is 20.0 Å². The van der Waals surface area contributed by atoms with Gasteiger partial charge in [0.05, 0.1) is 5.52 Å². The molecule has 228 valence electrons. The first-order valence-electron chi connectivity index (χ1n) is 13.8. The summed E-state index contributed by atoms with van der Waals surface area (Å²) in [4.78, 5) is 35.3. The summed E-state index contributed by atoms with van der Waals surface area (Å²) in [6, 6.07) is 14.3. The number of alkyl halides is 2. The van der Waals surface area contributed by atoms with Crippen LogP contribution < -0.4 is 10.5 Å². The minimum Gasteiger partial charge on any atom is -0.0472 e. The molecule has 9 nitrogen and oxygen atoms in total. The number of nitrogens with zero attached hydrogens (tertiary/aromatic N) is 2. The van der Waals surface area contributed by atoms with Gasteiger partial charge >= 0.3 is 103 Å². The van der Waals surface area contributed by atoms with Crippen molar-refractivity contribution in [2.24, 2.45) is 0 Å². The van der Waals surface area contributed by atoms with Crippen LogP contribution in [0.5, 0.6) is 5.75 Å². The summed E-state index contributed by atoms with van der Waals surface area (Å²) in [5, 5.41) is 2.05. The largest absolute Gasteiger partial charge is 0.0472 e. The monoisotopic (exact) mass is 605 g/mol. The number of aromatic nitrogens is 2. The molecule has 42 heavy (non-hydrogen) atoms. The van der Waals surface area contributed by atoms with Crippen LogP contribution in [0.4, 0.5) is 14.6 Å². The van der Waals surface area contributed by atoms with Crippen LogP contribution in [0.15, 0.2) is 48.7 Å². The van der Waals surface area contributed by atoms with Gasteiger partial charge < -0.3 is 5.73 Å². The van der Waals surface area contributed by atoms with Crippen LogP contribution in [0.25, 0.3) is 21.8 Å². The van der Waals surface area contributed by atoms with Gasteiger partial charge in [0.1, 0.15) is 5.52 Å². The van der Waals surface area contributed by atoms with Gasteiger partial charge in [-0.1, -0.05) is 18.2 Å². The molecule has 0 saturated carbocycles. The number of hydrogen-bond acceptors (Lipinski definition) is 9. The number of benzene rings is 2. The van der Waals surface area contributed by atoms with Gasteiger partial charge in [-0.2, -0.15) is 0 Å². The quantitative estimate of drug-likeness (QED) is 0.0835. The van der Waals surface area contributed by atoms with Crippen molar-refractivity contribution < 1.29 is 37.7 Å². The number of ether oxygens (including phenoxy) is 3. The van der Waals surface area contributed by atoms with Crippen LogP contribution in [-0.2, 0) is 22.3 Å². The predicted molar refractivity (Wildman–Crippen MR) is 161 cm³/mol. The first-order valence-corrected chi connectivity index (χ1v) is 15.7. The third kappa shape index (κ3) is 8.28. The van der Waals surface area contributed by atoms with Crippen molar-refractivity contribution in [3.05, 3.63) is 70.9 Å². The van der Waals surface area contributed by atoms with Crippen LogP contribution in [-0.4, -0.2) is 63.3 Å². The van der Waals surface area contributed by atoms with E-state index in [0.717, 1.165) is 57.1 Å². The molecule has 0 amide bonds. The number of rotatable bonds is 15. The molecule has 0 spiro atoms. The molecular formula is C30H38F2N3O6P. The zero-order valence-electron chi connectivity index (χ0n) is 23.8. The Hall–Kier alpha value is -3.05. The fraction of sp³-hybridized carbons (Fsp3) is 0.400. The van der Waals surface area contributed by atoms with E-state index in [2.05, 4.69) is 41.2 Å². The van der Waals surface area contributed by atoms with Crippen LogP contribution in [0, 0.1) is 13.8 Å². The molecule has 0 aliphatic rings. The van der Waals surface area contributed by atoms with Gasteiger partial charge in [-0.25, -0.2) is 4.98 Å². The van der Waals surface area contributed by atoms with E-state index in [1.807, 2.05) is 31.3 Å². The van der Waals surface area contributed by atoms with Gasteiger partial charge in [0.15, 0.2) is 5.82 Å². The first kappa shape index (κ1) is 31.9. The van der Waals surface area contributed by atoms with Gasteiger partial charge in [0, 0.05) is 17.0 Å². The topological polar surface area (TPSA) is 140 Å². The molecule has 5 N–H and O–H groups in total. The molecule has 0 aliphatic carbocycles. The van der Waals surface area contributed by atoms with E-state index in [9.17, 15) is 8.78 Å². The van der Waals surface area contributed by atoms with E-state index in [0.29, 0.717) is 19.0 Å². The molecule has 0 unspecified atom stereocenters. The van der Waals surface area contributed by atoms with Gasteiger partial charge in [-0.3, -0.25) is 4.98 Å². The molecule has 0 radical (unpaired) electrons. The summed E-state index contributed by atoms with van der Waals surface area (Å²) in [6.45, 7) is 5.22. The van der Waals surface area contributed by atoms with E-state index in [1.54, 1.807) is 0 Å². The number of aryl methyl sites for hydroxylation is 4. The minimum absolute atomic E-state index is 0.00826. The number of nitrogens with two attached hydrogens (primary N) is 1. The number of nitrogen functional groups attached to an aromatic ring is 1. The Balaban J connectivity index is 1.18. The molecule has 4 rings (SSSR count). The number of fused-ring (bicyclic) bond motifs is 3. The van der Waals surface area contributed by atoms with Gasteiger partial charge in [0.2, 0.25) is 0 Å². The van der Waals surface area contributed by atoms with Crippen molar-refractivity contribution in [2.45, 2.75) is 45.2 Å². The van der Waals surface area contributed by atoms with Crippen LogP contribution in [0.3, 0.4) is 0 Å². The second-order valence-electron chi connectivity index (χ2n) is 10.4. The van der Waals surface area contributed by atoms with E-state index in [4.69, 9.17) is 34.6 Å². The van der Waals surface area contributed by atoms with E-state index >= 15 is 0 Å². The predicted octanol–water partition coefficient (Wildman–Crippen LogP) is 5.02. The summed E-state index contributed by atoms with van der Waals surface area (Å²) in [5.74, 6) is 1.18. The Morgan fingerprint density at radius 3 is 2.36 bits per heavy atom. The van der Waals surface area contributed by atoms with E-state index in [1.165, 1.54) is 5.56 Å². The number of pyridine rings is 2. The summed E-state index contributed by atoms with van der Waals surface area (Å²) in [6.07, 6.45) is 2.56. The fourth-order valence-corrected chi connectivity index (χ4v) is 5.13. The van der Waals surface area contributed by atoms with Crippen molar-refractivity contribution in [1.82, 2.24) is 9.97 Å². The minimum atomic E-state index is -5.48. The number of anilines is 1. The summed E-state index contributed by atoms with van der Waals surface area (Å²) in [7, 11) is -5.48. The molecule has 0 bridgehead atoms. The summed E-state index contributed by atoms with van der Waals surface area (Å²) in [5.41, 5.74) is 8.48. The summed E-state index contributed by atoms with van der Waals surface area (Å²) < 4.78 is 42.9. The second kappa shape index (κ2) is 13.9. The van der Waals surface area contributed by atoms with Crippen molar-refractivity contribution in [3.8, 4) is 5.75 Å². The Kier molecular flexibility index (Phi) is 10.6. The van der Waals surface area contributed by atoms with Crippen molar-refractivity contribution >= 4 is 35.6 Å². The van der Waals surface area contributed by atoms with E-state index in [-0.39, 0.29) is 26.2 Å². The smallest absolute Gasteiger partial charge is 0.0136 e. The first-order chi connectivity index (χ1) is 19.9. The maximum absolute atomic E-state index is 13.3. The van der Waals surface area contributed by atoms with Crippen LogP contribution in [0.1, 0.15) is 35.1 Å². The van der Waals surface area contributed by atoms with Gasteiger partial charge in [-0.05, 0) is 73.2 Å². The standard InChI is InChI=1S/C30H38F2N3O6P/c1-20-4-9-25-26-18-22(19-34-28(26)29(33)35-27(25)16-20)5-6-23-7-8-24(17-21(23)2)41-15-14-40-13-12-39-11-3-10-30(31,32)42(36,37)38/h4,7-9,16-19,36-38,42H,3,5-6,10-15H2,1-2H3,(H2,33,35). The fourth-order valence-electron chi connectivity index (χ4n) is 4.62. The molecule has 2 aromatic heterocycles. The maximum Gasteiger partial charge on any atom is 0.0136 e. The number of halogens is 2. The normalized spacial score (nSPS) is 12.7. The Labute approximate surface area is 243 Å². The molecule has 2 aromatic carbocycles. The van der Waals surface area contributed by atoms with Crippen molar-refractivity contribution in [2.75, 3.05) is 38.8 Å². The summed E-state index contributed by atoms with van der Waals surface area (Å²) >= 11 is 0. The van der Waals surface area contributed by atoms with Crippen molar-refractivity contribution in [3.63, 3.8) is 0 Å². The maximum atomic E-state index is 13.3. The Bertz CT molecular complexity index is 1520. The SMILES string of the molecule is Cc1ccc2c(c1)nc(N)c1ncc(CCc3ccc(OCCOCCOCCCC(F)(F)[PH](O)(O)O)cc3C)cc12. The zero-order valence-corrected chi connectivity index (χ0v) is 24.8. The van der Waals surface area contributed by atoms with Crippen LogP contribution in [0.2, 0.25) is 0 Å². The molecule has 0 atom stereocenters. The molecule has 4 aromatic rings. The molecule has 2 heterocycles. The molecule has 0 saturated heterocycles. The molecule has 0 fully saturated rings. The Morgan fingerprint density at radius 1 is 0.881 bits per heavy atom. The van der Waals surface area contributed by atoms with Gasteiger partial charge in [0.25, 0.3) is 0 Å². The molecular weight excluding hydrogens is 567 g/mol.